The maximum atomic E-state index is 6.13. The van der Waals surface area contributed by atoms with Crippen molar-refractivity contribution in [1.29, 1.82) is 0 Å². The van der Waals surface area contributed by atoms with Gasteiger partial charge in [0.15, 0.2) is 6.23 Å². The smallest absolute Gasteiger partial charge is 0.150 e. The Kier molecular flexibility index (Phi) is 4.65. The number of hydrogen-bond acceptors (Lipinski definition) is 6. The zero-order chi connectivity index (χ0) is 20.8. The predicted molar refractivity (Wildman–Crippen MR) is 118 cm³/mol. The fourth-order valence-corrected chi connectivity index (χ4v) is 4.33. The molecule has 1 aliphatic heterocycles. The zero-order valence-corrected chi connectivity index (χ0v) is 17.7. The van der Waals surface area contributed by atoms with Gasteiger partial charge in [0.2, 0.25) is 0 Å². The number of benzene rings is 1. The summed E-state index contributed by atoms with van der Waals surface area (Å²) in [4.78, 5) is 18.0. The van der Waals surface area contributed by atoms with E-state index in [1.54, 1.807) is 6.20 Å². The summed E-state index contributed by atoms with van der Waals surface area (Å²) in [6.45, 7) is 0.750. The lowest BCUT2D eigenvalue weighted by Crippen LogP contribution is -2.19. The fraction of sp³-hybridized carbons (Fsp3) is 0.348. The molecule has 0 amide bonds. The Bertz CT molecular complexity index is 1260. The molecule has 156 valence electrons. The molecule has 2 fully saturated rings. The molecule has 0 bridgehead atoms. The molecule has 31 heavy (non-hydrogen) atoms. The minimum atomic E-state index is -0.0824. The maximum absolute atomic E-state index is 6.13. The number of ether oxygens (including phenoxy) is 1. The van der Waals surface area contributed by atoms with Crippen molar-refractivity contribution in [1.82, 2.24) is 29.7 Å². The van der Waals surface area contributed by atoms with Crippen LogP contribution in [-0.4, -0.2) is 36.3 Å². The number of fused-ring (bicyclic) bond motifs is 1. The molecular weight excluding hydrogens is 412 g/mol. The summed E-state index contributed by atoms with van der Waals surface area (Å²) in [5.74, 6) is 0.555. The van der Waals surface area contributed by atoms with E-state index in [4.69, 9.17) is 26.4 Å². The van der Waals surface area contributed by atoms with Gasteiger partial charge in [0.05, 0.1) is 35.5 Å². The third-order valence-corrected chi connectivity index (χ3v) is 6.11. The highest BCUT2D eigenvalue weighted by Crippen LogP contribution is 2.39. The molecule has 0 radical (unpaired) electrons. The molecular formula is C23H21ClN6O. The standard InChI is InChI=1S/C23H21ClN6O/c24-21-13-26-12-19(28-21)23-16-9-15(18-11-25-10-17(27-18)14-4-5-14)6-7-20(16)30(29-23)22-3-1-2-8-31-22/h6-7,9-14,22H,1-5,8H2. The predicted octanol–water partition coefficient (Wildman–Crippen LogP) is 5.18. The molecule has 1 aliphatic carbocycles. The average Bonchev–Trinajstić information content (AvgIpc) is 3.60. The van der Waals surface area contributed by atoms with Gasteiger partial charge in [0.1, 0.15) is 16.5 Å². The SMILES string of the molecule is Clc1cncc(-c2nn(C3CCCCO3)c3ccc(-c4cncc(C5CC5)n4)cc23)n1. The van der Waals surface area contributed by atoms with Crippen LogP contribution in [0.1, 0.15) is 49.9 Å². The van der Waals surface area contributed by atoms with Crippen molar-refractivity contribution in [2.75, 3.05) is 6.61 Å². The molecule has 1 atom stereocenters. The Hall–Kier alpha value is -2.90. The average molecular weight is 433 g/mol. The Morgan fingerprint density at radius 3 is 2.61 bits per heavy atom. The van der Waals surface area contributed by atoms with E-state index in [-0.39, 0.29) is 6.23 Å². The second kappa shape index (κ2) is 7.66. The van der Waals surface area contributed by atoms with Crippen molar-refractivity contribution >= 4 is 22.5 Å². The van der Waals surface area contributed by atoms with Gasteiger partial charge in [-0.25, -0.2) is 14.6 Å². The molecule has 3 aromatic heterocycles. The van der Waals surface area contributed by atoms with E-state index in [9.17, 15) is 0 Å². The third-order valence-electron chi connectivity index (χ3n) is 5.93. The van der Waals surface area contributed by atoms with Crippen LogP contribution in [0.25, 0.3) is 33.5 Å². The van der Waals surface area contributed by atoms with Crippen molar-refractivity contribution in [3.63, 3.8) is 0 Å². The van der Waals surface area contributed by atoms with Crippen LogP contribution in [0, 0.1) is 0 Å². The van der Waals surface area contributed by atoms with E-state index in [1.165, 1.54) is 19.0 Å². The Morgan fingerprint density at radius 2 is 1.81 bits per heavy atom. The lowest BCUT2D eigenvalue weighted by Gasteiger charge is -2.23. The van der Waals surface area contributed by atoms with E-state index < -0.39 is 0 Å². The van der Waals surface area contributed by atoms with Crippen molar-refractivity contribution in [3.8, 4) is 22.6 Å². The first kappa shape index (κ1) is 18.8. The van der Waals surface area contributed by atoms with Gasteiger partial charge in [0, 0.05) is 29.7 Å². The molecule has 0 N–H and O–H groups in total. The van der Waals surface area contributed by atoms with Gasteiger partial charge in [-0.05, 0) is 44.2 Å². The van der Waals surface area contributed by atoms with E-state index in [0.717, 1.165) is 59.4 Å². The number of hydrogen-bond donors (Lipinski definition) is 0. The van der Waals surface area contributed by atoms with Crippen LogP contribution in [0.2, 0.25) is 5.15 Å². The summed E-state index contributed by atoms with van der Waals surface area (Å²) in [5, 5.41) is 6.22. The van der Waals surface area contributed by atoms with Crippen molar-refractivity contribution in [2.24, 2.45) is 0 Å². The molecule has 7 nitrogen and oxygen atoms in total. The van der Waals surface area contributed by atoms with Crippen LogP contribution in [0.3, 0.4) is 0 Å². The van der Waals surface area contributed by atoms with Gasteiger partial charge in [0.25, 0.3) is 0 Å². The molecule has 2 aliphatic rings. The van der Waals surface area contributed by atoms with Crippen molar-refractivity contribution < 1.29 is 4.74 Å². The second-order valence-corrected chi connectivity index (χ2v) is 8.56. The lowest BCUT2D eigenvalue weighted by molar-refractivity contribution is -0.0365. The first-order valence-electron chi connectivity index (χ1n) is 10.7. The fourth-order valence-electron chi connectivity index (χ4n) is 4.18. The molecule has 1 saturated heterocycles. The quantitative estimate of drug-likeness (QED) is 0.442. The van der Waals surface area contributed by atoms with Gasteiger partial charge in [-0.2, -0.15) is 5.10 Å². The van der Waals surface area contributed by atoms with Crippen LogP contribution in [0.4, 0.5) is 0 Å². The van der Waals surface area contributed by atoms with Gasteiger partial charge >= 0.3 is 0 Å². The first-order valence-corrected chi connectivity index (χ1v) is 11.1. The van der Waals surface area contributed by atoms with Crippen LogP contribution < -0.4 is 0 Å². The van der Waals surface area contributed by atoms with Crippen LogP contribution in [0.5, 0.6) is 0 Å². The van der Waals surface area contributed by atoms with E-state index in [0.29, 0.717) is 16.8 Å². The second-order valence-electron chi connectivity index (χ2n) is 8.18. The van der Waals surface area contributed by atoms with Gasteiger partial charge in [-0.3, -0.25) is 9.97 Å². The van der Waals surface area contributed by atoms with Gasteiger partial charge in [-0.1, -0.05) is 17.7 Å². The summed E-state index contributed by atoms with van der Waals surface area (Å²) in [5.41, 5.74) is 5.33. The molecule has 1 aromatic carbocycles. The van der Waals surface area contributed by atoms with Gasteiger partial charge < -0.3 is 4.74 Å². The largest absolute Gasteiger partial charge is 0.356 e. The lowest BCUT2D eigenvalue weighted by atomic mass is 10.1. The minimum Gasteiger partial charge on any atom is -0.356 e. The first-order chi connectivity index (χ1) is 15.3. The van der Waals surface area contributed by atoms with Gasteiger partial charge in [-0.15, -0.1) is 0 Å². The van der Waals surface area contributed by atoms with Crippen LogP contribution in [-0.2, 0) is 4.74 Å². The Morgan fingerprint density at radius 1 is 0.935 bits per heavy atom. The van der Waals surface area contributed by atoms with Crippen molar-refractivity contribution in [3.05, 3.63) is 53.8 Å². The Balaban J connectivity index is 1.51. The van der Waals surface area contributed by atoms with E-state index in [2.05, 4.69) is 33.2 Å². The topological polar surface area (TPSA) is 78.6 Å². The minimum absolute atomic E-state index is 0.0824. The number of halogens is 1. The summed E-state index contributed by atoms with van der Waals surface area (Å²) >= 11 is 6.13. The number of aromatic nitrogens is 6. The zero-order valence-electron chi connectivity index (χ0n) is 16.9. The highest BCUT2D eigenvalue weighted by atomic mass is 35.5. The van der Waals surface area contributed by atoms with Crippen LogP contribution >= 0.6 is 11.6 Å². The van der Waals surface area contributed by atoms with Crippen molar-refractivity contribution in [2.45, 2.75) is 44.2 Å². The summed E-state index contributed by atoms with van der Waals surface area (Å²) in [6.07, 6.45) is 12.4. The highest BCUT2D eigenvalue weighted by Gasteiger charge is 2.26. The molecule has 8 heteroatoms. The normalized spacial score (nSPS) is 19.1. The Labute approximate surface area is 184 Å². The monoisotopic (exact) mass is 432 g/mol. The summed E-state index contributed by atoms with van der Waals surface area (Å²) < 4.78 is 8.00. The highest BCUT2D eigenvalue weighted by molar-refractivity contribution is 6.29. The summed E-state index contributed by atoms with van der Waals surface area (Å²) in [7, 11) is 0. The molecule has 6 rings (SSSR count). The molecule has 1 saturated carbocycles. The third kappa shape index (κ3) is 3.58. The molecule has 4 heterocycles. The number of nitrogens with zero attached hydrogens (tertiary/aromatic N) is 6. The van der Waals surface area contributed by atoms with E-state index in [1.807, 2.05) is 17.1 Å². The maximum Gasteiger partial charge on any atom is 0.150 e. The van der Waals surface area contributed by atoms with E-state index >= 15 is 0 Å². The number of rotatable bonds is 4. The van der Waals surface area contributed by atoms with Crippen LogP contribution in [0.15, 0.2) is 43.0 Å². The summed E-state index contributed by atoms with van der Waals surface area (Å²) in [6, 6.07) is 6.28. The molecule has 1 unspecified atom stereocenters. The molecule has 4 aromatic rings. The molecule has 0 spiro atoms.